The van der Waals surface area contributed by atoms with Crippen LogP contribution in [0, 0.1) is 5.41 Å². The topological polar surface area (TPSA) is 96.2 Å². The van der Waals surface area contributed by atoms with E-state index in [1.54, 1.807) is 29.7 Å². The number of nitrogens with one attached hydrogen (secondary N) is 3. The SMILES string of the molecule is O=C(NC1CCC(N2CCC3(CCN(C4CCCCC4)CC3)C2)CC1)N(Cc1ncc[nH]1)Cc1ncc[nH]1. The molecule has 9 nitrogen and oxygen atoms in total. The maximum Gasteiger partial charge on any atom is 0.318 e. The lowest BCUT2D eigenvalue weighted by Crippen LogP contribution is -2.49. The zero-order valence-corrected chi connectivity index (χ0v) is 22.9. The summed E-state index contributed by atoms with van der Waals surface area (Å²) in [5.41, 5.74) is 0.564. The molecule has 38 heavy (non-hydrogen) atoms. The van der Waals surface area contributed by atoms with Crippen molar-refractivity contribution in [1.29, 1.82) is 0 Å². The molecule has 0 radical (unpaired) electrons. The summed E-state index contributed by atoms with van der Waals surface area (Å²) in [4.78, 5) is 35.6. The minimum absolute atomic E-state index is 0.0360. The Kier molecular flexibility index (Phi) is 8.02. The quantitative estimate of drug-likeness (QED) is 0.505. The Labute approximate surface area is 227 Å². The largest absolute Gasteiger partial charge is 0.347 e. The van der Waals surface area contributed by atoms with Crippen molar-refractivity contribution in [3.05, 3.63) is 36.4 Å². The molecule has 208 valence electrons. The number of rotatable bonds is 7. The molecule has 2 saturated carbocycles. The van der Waals surface area contributed by atoms with Crippen LogP contribution in [0.2, 0.25) is 0 Å². The average Bonchev–Trinajstić information content (AvgIpc) is 3.74. The lowest BCUT2D eigenvalue weighted by Gasteiger charge is -2.44. The number of aromatic nitrogens is 4. The number of hydrogen-bond donors (Lipinski definition) is 3. The first kappa shape index (κ1) is 25.9. The van der Waals surface area contributed by atoms with E-state index in [2.05, 4.69) is 35.1 Å². The zero-order chi connectivity index (χ0) is 25.8. The van der Waals surface area contributed by atoms with E-state index < -0.39 is 0 Å². The molecular weight excluding hydrogens is 476 g/mol. The monoisotopic (exact) mass is 522 g/mol. The van der Waals surface area contributed by atoms with Crippen molar-refractivity contribution in [2.45, 2.75) is 108 Å². The van der Waals surface area contributed by atoms with Crippen LogP contribution in [0.1, 0.15) is 88.7 Å². The maximum absolute atomic E-state index is 13.3. The first-order valence-electron chi connectivity index (χ1n) is 15.2. The number of H-pyrrole nitrogens is 2. The van der Waals surface area contributed by atoms with Gasteiger partial charge < -0.3 is 25.1 Å². The molecule has 6 rings (SSSR count). The van der Waals surface area contributed by atoms with Crippen molar-refractivity contribution in [1.82, 2.24) is 40.0 Å². The summed E-state index contributed by atoms with van der Waals surface area (Å²) in [6.45, 7) is 6.08. The number of carbonyl (C=O) groups excluding carboxylic acids is 1. The van der Waals surface area contributed by atoms with Crippen LogP contribution in [-0.4, -0.2) is 85.0 Å². The summed E-state index contributed by atoms with van der Waals surface area (Å²) < 4.78 is 0. The van der Waals surface area contributed by atoms with Crippen LogP contribution in [0.25, 0.3) is 0 Å². The number of aromatic amines is 2. The highest BCUT2D eigenvalue weighted by Crippen LogP contribution is 2.43. The van der Waals surface area contributed by atoms with Gasteiger partial charge >= 0.3 is 6.03 Å². The number of piperidine rings is 1. The highest BCUT2D eigenvalue weighted by atomic mass is 16.2. The molecule has 9 heteroatoms. The second-order valence-electron chi connectivity index (χ2n) is 12.4. The molecule has 2 aromatic rings. The second-order valence-corrected chi connectivity index (χ2v) is 12.4. The van der Waals surface area contributed by atoms with E-state index in [0.29, 0.717) is 24.5 Å². The molecule has 0 bridgehead atoms. The summed E-state index contributed by atoms with van der Waals surface area (Å²) in [5.74, 6) is 1.56. The van der Waals surface area contributed by atoms with Gasteiger partial charge in [-0.05, 0) is 82.8 Å². The van der Waals surface area contributed by atoms with E-state index in [4.69, 9.17) is 0 Å². The number of urea groups is 1. The lowest BCUT2D eigenvalue weighted by atomic mass is 9.77. The maximum atomic E-state index is 13.3. The van der Waals surface area contributed by atoms with E-state index in [9.17, 15) is 4.79 Å². The van der Waals surface area contributed by atoms with Crippen LogP contribution in [0.5, 0.6) is 0 Å². The zero-order valence-electron chi connectivity index (χ0n) is 22.9. The predicted octanol–water partition coefficient (Wildman–Crippen LogP) is 4.28. The van der Waals surface area contributed by atoms with Gasteiger partial charge in [-0.25, -0.2) is 14.8 Å². The van der Waals surface area contributed by atoms with Gasteiger partial charge in [0, 0.05) is 49.5 Å². The highest BCUT2D eigenvalue weighted by Gasteiger charge is 2.43. The smallest absolute Gasteiger partial charge is 0.318 e. The minimum atomic E-state index is -0.0360. The number of hydrogen-bond acceptors (Lipinski definition) is 5. The van der Waals surface area contributed by atoms with Crippen molar-refractivity contribution >= 4 is 6.03 Å². The van der Waals surface area contributed by atoms with Crippen LogP contribution in [0.15, 0.2) is 24.8 Å². The van der Waals surface area contributed by atoms with Crippen LogP contribution < -0.4 is 5.32 Å². The molecule has 2 saturated heterocycles. The molecule has 4 aliphatic rings. The van der Waals surface area contributed by atoms with E-state index in [-0.39, 0.29) is 12.1 Å². The van der Waals surface area contributed by atoms with Crippen LogP contribution >= 0.6 is 0 Å². The standard InChI is InChI=1S/C29H46N8O/c38-28(37(20-26-30-13-14-31-26)21-27-32-15-16-33-27)34-23-6-8-25(9-7-23)36-19-12-29(22-36)10-17-35(18-11-29)24-4-2-1-3-5-24/h13-16,23-25H,1-12,17-22H2,(H,30,31)(H,32,33)(H,34,38). The first-order chi connectivity index (χ1) is 18.7. The molecule has 2 aromatic heterocycles. The number of imidazole rings is 2. The fourth-order valence-electron chi connectivity index (χ4n) is 7.68. The number of amides is 2. The molecule has 4 fully saturated rings. The minimum Gasteiger partial charge on any atom is -0.347 e. The third-order valence-corrected chi connectivity index (χ3v) is 10.0. The molecular formula is C29H46N8O. The van der Waals surface area contributed by atoms with Gasteiger partial charge in [0.05, 0.1) is 13.1 Å². The predicted molar refractivity (Wildman–Crippen MR) is 147 cm³/mol. The Balaban J connectivity index is 0.964. The normalized spacial score (nSPS) is 27.1. The van der Waals surface area contributed by atoms with Gasteiger partial charge in [-0.2, -0.15) is 0 Å². The molecule has 0 aromatic carbocycles. The number of carbonyl (C=O) groups is 1. The molecule has 2 aliphatic heterocycles. The first-order valence-corrected chi connectivity index (χ1v) is 15.2. The number of nitrogens with zero attached hydrogens (tertiary/aromatic N) is 5. The van der Waals surface area contributed by atoms with Gasteiger partial charge in [-0.3, -0.25) is 4.90 Å². The Hall–Kier alpha value is -2.39. The molecule has 0 unspecified atom stereocenters. The third-order valence-electron chi connectivity index (χ3n) is 10.0. The van der Waals surface area contributed by atoms with Gasteiger partial charge in [0.1, 0.15) is 11.6 Å². The summed E-state index contributed by atoms with van der Waals surface area (Å²) >= 11 is 0. The van der Waals surface area contributed by atoms with Crippen molar-refractivity contribution in [3.8, 4) is 0 Å². The van der Waals surface area contributed by atoms with Crippen LogP contribution in [0.4, 0.5) is 4.79 Å². The summed E-state index contributed by atoms with van der Waals surface area (Å²) in [6.07, 6.45) is 22.9. The Morgan fingerprint density at radius 2 is 1.42 bits per heavy atom. The summed E-state index contributed by atoms with van der Waals surface area (Å²) in [5, 5.41) is 3.33. The van der Waals surface area contributed by atoms with E-state index in [1.807, 2.05) is 0 Å². The molecule has 2 aliphatic carbocycles. The molecule has 1 spiro atoms. The average molecular weight is 523 g/mol. The van der Waals surface area contributed by atoms with Gasteiger partial charge in [0.25, 0.3) is 0 Å². The van der Waals surface area contributed by atoms with E-state index in [1.165, 1.54) is 90.4 Å². The second kappa shape index (κ2) is 11.8. The lowest BCUT2D eigenvalue weighted by molar-refractivity contribution is 0.0559. The molecule has 4 heterocycles. The van der Waals surface area contributed by atoms with Crippen molar-refractivity contribution in [2.24, 2.45) is 5.41 Å². The number of likely N-dealkylation sites (tertiary alicyclic amines) is 2. The summed E-state index contributed by atoms with van der Waals surface area (Å²) in [6, 6.07) is 1.76. The van der Waals surface area contributed by atoms with E-state index >= 15 is 0 Å². The molecule has 3 N–H and O–H groups in total. The van der Waals surface area contributed by atoms with Crippen LogP contribution in [0.3, 0.4) is 0 Å². The molecule has 2 amide bonds. The van der Waals surface area contributed by atoms with Crippen LogP contribution in [-0.2, 0) is 13.1 Å². The summed E-state index contributed by atoms with van der Waals surface area (Å²) in [7, 11) is 0. The fourth-order valence-corrected chi connectivity index (χ4v) is 7.68. The van der Waals surface area contributed by atoms with Gasteiger partial charge in [0.2, 0.25) is 0 Å². The van der Waals surface area contributed by atoms with Gasteiger partial charge in [-0.1, -0.05) is 19.3 Å². The highest BCUT2D eigenvalue weighted by molar-refractivity contribution is 5.74. The Morgan fingerprint density at radius 3 is 2.00 bits per heavy atom. The van der Waals surface area contributed by atoms with E-state index in [0.717, 1.165) is 30.5 Å². The molecule has 0 atom stereocenters. The third kappa shape index (κ3) is 6.09. The van der Waals surface area contributed by atoms with Crippen molar-refractivity contribution in [2.75, 3.05) is 26.2 Å². The van der Waals surface area contributed by atoms with Gasteiger partial charge in [-0.15, -0.1) is 0 Å². The Morgan fingerprint density at radius 1 is 0.842 bits per heavy atom. The van der Waals surface area contributed by atoms with Gasteiger partial charge in [0.15, 0.2) is 0 Å². The fraction of sp³-hybridized carbons (Fsp3) is 0.759. The van der Waals surface area contributed by atoms with Crippen molar-refractivity contribution < 1.29 is 4.79 Å². The Bertz CT molecular complexity index is 950. The van der Waals surface area contributed by atoms with Crippen molar-refractivity contribution in [3.63, 3.8) is 0 Å².